The van der Waals surface area contributed by atoms with Gasteiger partial charge in [0.25, 0.3) is 0 Å². The number of rotatable bonds is 0. The van der Waals surface area contributed by atoms with Crippen LogP contribution in [0.25, 0.3) is 0 Å². The molecule has 0 aromatic rings. The standard InChI is InChI=1S/Gd.3NO3.6H2O/c;3*2-1(3)4;;;;;;/h;;;;6*1H2/q+3;3*-1;;;;;;/p+4. The van der Waals surface area contributed by atoms with Crippen LogP contribution < -0.4 is 0 Å². The molecule has 19 heavy (non-hydrogen) atoms. The van der Waals surface area contributed by atoms with E-state index in [1.54, 1.807) is 0 Å². The average molecular weight is 455 g/mol. The van der Waals surface area contributed by atoms with Crippen LogP contribution in [0, 0.1) is 85.9 Å². The summed E-state index contributed by atoms with van der Waals surface area (Å²) >= 11 is 0. The summed E-state index contributed by atoms with van der Waals surface area (Å²) in [7, 11) is 0. The second kappa shape index (κ2) is 69.5. The van der Waals surface area contributed by atoms with E-state index in [1.165, 1.54) is 0 Å². The molecule has 0 aromatic heterocycles. The first-order valence-corrected chi connectivity index (χ1v) is 1.64. The van der Waals surface area contributed by atoms with E-state index < -0.39 is 15.3 Å². The summed E-state index contributed by atoms with van der Waals surface area (Å²) in [5, 5.41) is 44.2. The first-order chi connectivity index (χ1) is 5.20. The molecule has 0 aliphatic rings. The van der Waals surface area contributed by atoms with E-state index in [9.17, 15) is 0 Å². The van der Waals surface area contributed by atoms with Gasteiger partial charge in [-0.2, -0.15) is 0 Å². The minimum Gasteiger partial charge on any atom is -0.457 e. The largest absolute Gasteiger partial charge is 3.00 e. The molecule has 0 spiro atoms. The van der Waals surface area contributed by atoms with Gasteiger partial charge in [-0.3, -0.25) is 0 Å². The molecule has 0 aromatic carbocycles. The molecule has 0 bridgehead atoms. The predicted molar refractivity (Wildman–Crippen MR) is 57.8 cm³/mol. The maximum atomic E-state index is 8.25. The van der Waals surface area contributed by atoms with Crippen molar-refractivity contribution in [1.82, 2.24) is 0 Å². The van der Waals surface area contributed by atoms with Crippen molar-refractivity contribution >= 4 is 0 Å². The molecule has 0 heterocycles. The Morgan fingerprint density at radius 3 is 0.474 bits per heavy atom. The van der Waals surface area contributed by atoms with Crippen LogP contribution in [0.3, 0.4) is 0 Å². The van der Waals surface area contributed by atoms with E-state index >= 15 is 0 Å². The van der Waals surface area contributed by atoms with Gasteiger partial charge in [0.15, 0.2) is 0 Å². The van der Waals surface area contributed by atoms with Gasteiger partial charge in [0.05, 0.1) is 15.3 Å². The average Bonchev–Trinajstić information content (AvgIpc) is 1.54. The van der Waals surface area contributed by atoms with Crippen LogP contribution in [-0.4, -0.2) is 26.2 Å². The summed E-state index contributed by atoms with van der Waals surface area (Å²) in [5.74, 6) is 0. The zero-order valence-corrected chi connectivity index (χ0v) is 10.9. The van der Waals surface area contributed by atoms with Gasteiger partial charge in [0, 0.05) is 0 Å². The summed E-state index contributed by atoms with van der Waals surface area (Å²) in [6, 6.07) is 0. The maximum absolute atomic E-state index is 8.25. The van der Waals surface area contributed by atoms with Crippen molar-refractivity contribution in [2.45, 2.75) is 0 Å². The van der Waals surface area contributed by atoms with Crippen molar-refractivity contribution in [3.63, 3.8) is 0 Å². The third-order valence-electron chi connectivity index (χ3n) is 0. The molecule has 0 aliphatic heterocycles. The molecule has 0 unspecified atom stereocenters. The zero-order chi connectivity index (χ0) is 10.7. The molecule has 0 saturated heterocycles. The Morgan fingerprint density at radius 2 is 0.474 bits per heavy atom. The molecule has 1 radical (unpaired) electrons. The molecule has 0 fully saturated rings. The van der Waals surface area contributed by atoms with Gasteiger partial charge in [0.1, 0.15) is 0 Å². The molecule has 125 valence electrons. The van der Waals surface area contributed by atoms with E-state index in [2.05, 4.69) is 0 Å². The van der Waals surface area contributed by atoms with Crippen molar-refractivity contribution in [3.8, 4) is 0 Å². The molecule has 0 amide bonds. The summed E-state index contributed by atoms with van der Waals surface area (Å²) in [6.07, 6.45) is 0. The molecule has 18 nitrogen and oxygen atoms in total. The SMILES string of the molecule is O.O.O=[N+]([O-])[O-].O=[N+]([O-])[O-].O=[N+]([O-])[O-].[Gd+3].[OH3+].[OH3+].[OH3+].[OH3+]. The third kappa shape index (κ3) is 2080. The number of hydrogen-bond acceptors (Lipinski definition) is 9. The summed E-state index contributed by atoms with van der Waals surface area (Å²) in [4.78, 5) is 24.8. The van der Waals surface area contributed by atoms with Crippen molar-refractivity contribution < 1.29 is 88.1 Å². The Kier molecular flexibility index (Phi) is 305. The zero-order valence-electron chi connectivity index (χ0n) is 8.68. The van der Waals surface area contributed by atoms with Crippen LogP contribution in [0.5, 0.6) is 0 Å². The quantitative estimate of drug-likeness (QED) is 0.190. The fourth-order valence-corrected chi connectivity index (χ4v) is 0. The fourth-order valence-electron chi connectivity index (χ4n) is 0. The second-order valence-corrected chi connectivity index (χ2v) is 0.671. The molecule has 16 N–H and O–H groups in total. The summed E-state index contributed by atoms with van der Waals surface area (Å²) in [6.45, 7) is 0. The Hall–Kier alpha value is -1.32. The molecule has 19 heteroatoms. The van der Waals surface area contributed by atoms with Gasteiger partial charge in [-0.05, 0) is 0 Å². The second-order valence-electron chi connectivity index (χ2n) is 0.671. The van der Waals surface area contributed by atoms with Gasteiger partial charge in [-0.25, -0.2) is 0 Å². The van der Waals surface area contributed by atoms with Crippen molar-refractivity contribution in [3.05, 3.63) is 46.0 Å². The Balaban J connectivity index is -0.00000000675. The van der Waals surface area contributed by atoms with E-state index in [-0.39, 0.29) is 72.8 Å². The van der Waals surface area contributed by atoms with Crippen LogP contribution in [-0.2, 0) is 21.9 Å². The van der Waals surface area contributed by atoms with E-state index in [0.717, 1.165) is 0 Å². The van der Waals surface area contributed by atoms with E-state index in [1.807, 2.05) is 0 Å². The van der Waals surface area contributed by atoms with Crippen LogP contribution in [0.2, 0.25) is 0 Å². The van der Waals surface area contributed by atoms with Crippen LogP contribution in [0.15, 0.2) is 0 Å². The molecule has 0 rings (SSSR count). The fraction of sp³-hybridized carbons (Fsp3) is 0. The first-order valence-electron chi connectivity index (χ1n) is 1.64. The van der Waals surface area contributed by atoms with E-state index in [0.29, 0.717) is 0 Å². The first kappa shape index (κ1) is 83.4. The number of nitrogens with zero attached hydrogens (tertiary/aromatic N) is 3. The van der Waals surface area contributed by atoms with Crippen LogP contribution in [0.1, 0.15) is 0 Å². The Bertz CT molecular complexity index is 115. The van der Waals surface area contributed by atoms with Gasteiger partial charge in [-0.15, -0.1) is 0 Å². The van der Waals surface area contributed by atoms with Crippen molar-refractivity contribution in [2.24, 2.45) is 0 Å². The van der Waals surface area contributed by atoms with Crippen LogP contribution in [0.4, 0.5) is 0 Å². The molecular formula is H16GdN3O15+4. The predicted octanol–water partition coefficient (Wildman–Crippen LogP) is -6.05. The summed E-state index contributed by atoms with van der Waals surface area (Å²) in [5.41, 5.74) is 0. The molecule has 0 saturated carbocycles. The third-order valence-corrected chi connectivity index (χ3v) is 0. The topological polar surface area (TPSA) is 394 Å². The molecule has 0 aliphatic carbocycles. The minimum atomic E-state index is -1.75. The van der Waals surface area contributed by atoms with Gasteiger partial charge < -0.3 is 78.8 Å². The van der Waals surface area contributed by atoms with Gasteiger partial charge in [-0.1, -0.05) is 0 Å². The van der Waals surface area contributed by atoms with E-state index in [4.69, 9.17) is 46.0 Å². The van der Waals surface area contributed by atoms with Crippen molar-refractivity contribution in [2.75, 3.05) is 0 Å². The monoisotopic (exact) mass is 456 g/mol. The van der Waals surface area contributed by atoms with Crippen LogP contribution >= 0.6 is 0 Å². The number of hydrogen-bond donors (Lipinski definition) is 0. The normalized spacial score (nSPS) is 3.79. The molecular weight excluding hydrogens is 439 g/mol. The van der Waals surface area contributed by atoms with Gasteiger partial charge in [0.2, 0.25) is 0 Å². The Labute approximate surface area is 134 Å². The summed E-state index contributed by atoms with van der Waals surface area (Å²) < 4.78 is 0. The molecule has 0 atom stereocenters. The maximum Gasteiger partial charge on any atom is 3.00 e. The Morgan fingerprint density at radius 1 is 0.474 bits per heavy atom. The van der Waals surface area contributed by atoms with Gasteiger partial charge >= 0.3 is 39.9 Å². The minimum absolute atomic E-state index is 0. The smallest absolute Gasteiger partial charge is 0.457 e. The van der Waals surface area contributed by atoms with Crippen molar-refractivity contribution in [1.29, 1.82) is 0 Å².